The lowest BCUT2D eigenvalue weighted by Gasteiger charge is -2.06. The van der Waals surface area contributed by atoms with Gasteiger partial charge in [0.25, 0.3) is 0 Å². The quantitative estimate of drug-likeness (QED) is 0.677. The van der Waals surface area contributed by atoms with Gasteiger partial charge in [0.1, 0.15) is 10.6 Å². The smallest absolute Gasteiger partial charge is 0.350 e. The van der Waals surface area contributed by atoms with Crippen molar-refractivity contribution in [2.45, 2.75) is 26.7 Å². The number of amides is 1. The summed E-state index contributed by atoms with van der Waals surface area (Å²) in [6.07, 6.45) is 0.898. The number of carbonyl (C=O) groups excluding carboxylic acids is 2. The zero-order chi connectivity index (χ0) is 18.4. The number of rotatable bonds is 7. The minimum Gasteiger partial charge on any atom is -0.496 e. The van der Waals surface area contributed by atoms with E-state index in [2.05, 4.69) is 26.2 Å². The summed E-state index contributed by atoms with van der Waals surface area (Å²) in [5.41, 5.74) is 1.57. The fourth-order valence-corrected chi connectivity index (χ4v) is 3.61. The third kappa shape index (κ3) is 5.27. The molecule has 0 saturated heterocycles. The molecule has 2 rings (SSSR count). The van der Waals surface area contributed by atoms with Crippen LogP contribution in [0.1, 0.15) is 34.3 Å². The van der Waals surface area contributed by atoms with Gasteiger partial charge in [-0.3, -0.25) is 4.79 Å². The number of methoxy groups -OCH3 is 1. The van der Waals surface area contributed by atoms with Gasteiger partial charge < -0.3 is 14.8 Å². The maximum atomic E-state index is 12.1. The number of hydrogen-bond acceptors (Lipinski definition) is 6. The molecule has 0 saturated carbocycles. The Morgan fingerprint density at radius 3 is 2.76 bits per heavy atom. The number of ether oxygens (including phenoxy) is 2. The molecule has 2 aromatic rings. The molecule has 0 aliphatic heterocycles. The van der Waals surface area contributed by atoms with Gasteiger partial charge >= 0.3 is 5.97 Å². The molecule has 1 heterocycles. The van der Waals surface area contributed by atoms with Gasteiger partial charge in [-0.2, -0.15) is 0 Å². The van der Waals surface area contributed by atoms with Crippen molar-refractivity contribution in [3.05, 3.63) is 38.8 Å². The Morgan fingerprint density at radius 1 is 1.36 bits per heavy atom. The Morgan fingerprint density at radius 2 is 2.12 bits per heavy atom. The topological polar surface area (TPSA) is 77.5 Å². The summed E-state index contributed by atoms with van der Waals surface area (Å²) in [5, 5.41) is 3.14. The molecule has 0 aliphatic rings. The molecule has 0 aliphatic carbocycles. The first-order valence-corrected chi connectivity index (χ1v) is 9.32. The molecular weight excluding hydrogens is 408 g/mol. The van der Waals surface area contributed by atoms with Gasteiger partial charge in [0.2, 0.25) is 5.91 Å². The van der Waals surface area contributed by atoms with Crippen LogP contribution < -0.4 is 10.1 Å². The second-order valence-corrected chi connectivity index (χ2v) is 7.02. The minimum atomic E-state index is -0.416. The zero-order valence-corrected chi connectivity index (χ0v) is 16.6. The first-order valence-electron chi connectivity index (χ1n) is 7.71. The molecule has 25 heavy (non-hydrogen) atoms. The highest BCUT2D eigenvalue weighted by Gasteiger charge is 2.17. The molecule has 1 amide bonds. The fourth-order valence-electron chi connectivity index (χ4n) is 2.14. The Bertz CT molecular complexity index is 776. The number of aryl methyl sites for hydroxylation is 2. The third-order valence-corrected chi connectivity index (χ3v) is 5.03. The highest BCUT2D eigenvalue weighted by molar-refractivity contribution is 9.10. The van der Waals surface area contributed by atoms with E-state index < -0.39 is 5.97 Å². The summed E-state index contributed by atoms with van der Waals surface area (Å²) in [6.45, 7) is 3.76. The predicted octanol–water partition coefficient (Wildman–Crippen LogP) is 3.97. The lowest BCUT2D eigenvalue weighted by molar-refractivity contribution is -0.116. The molecule has 134 valence electrons. The second-order valence-electron chi connectivity index (χ2n) is 5.17. The van der Waals surface area contributed by atoms with E-state index >= 15 is 0 Å². The van der Waals surface area contributed by atoms with E-state index in [9.17, 15) is 9.59 Å². The van der Waals surface area contributed by atoms with Gasteiger partial charge in [-0.25, -0.2) is 9.78 Å². The van der Waals surface area contributed by atoms with E-state index in [-0.39, 0.29) is 5.91 Å². The first-order chi connectivity index (χ1) is 11.9. The van der Waals surface area contributed by atoms with Crippen LogP contribution in [0.15, 0.2) is 22.7 Å². The molecule has 0 unspecified atom stereocenters. The summed E-state index contributed by atoms with van der Waals surface area (Å²) >= 11 is 4.55. The van der Waals surface area contributed by atoms with Crippen molar-refractivity contribution < 1.29 is 19.1 Å². The van der Waals surface area contributed by atoms with Crippen LogP contribution in [0.3, 0.4) is 0 Å². The third-order valence-electron chi connectivity index (χ3n) is 3.36. The molecule has 1 aromatic heterocycles. The Hall–Kier alpha value is -1.93. The van der Waals surface area contributed by atoms with Gasteiger partial charge in [0, 0.05) is 6.42 Å². The molecule has 1 N–H and O–H groups in total. The number of nitrogens with one attached hydrogen (secondary N) is 1. The minimum absolute atomic E-state index is 0.156. The number of aromatic nitrogens is 1. The molecule has 0 atom stereocenters. The van der Waals surface area contributed by atoms with Gasteiger partial charge in [0.05, 0.1) is 23.9 Å². The Labute approximate surface area is 158 Å². The number of carbonyl (C=O) groups is 2. The van der Waals surface area contributed by atoms with Crippen LogP contribution in [-0.2, 0) is 16.0 Å². The number of halogens is 1. The summed E-state index contributed by atoms with van der Waals surface area (Å²) in [4.78, 5) is 28.5. The number of anilines is 1. The first kappa shape index (κ1) is 19.4. The monoisotopic (exact) mass is 426 g/mol. The van der Waals surface area contributed by atoms with Crippen LogP contribution in [0, 0.1) is 6.92 Å². The molecule has 8 heteroatoms. The summed E-state index contributed by atoms with van der Waals surface area (Å²) < 4.78 is 11.0. The molecule has 0 spiro atoms. The van der Waals surface area contributed by atoms with Crippen molar-refractivity contribution in [2.24, 2.45) is 0 Å². The van der Waals surface area contributed by atoms with Crippen molar-refractivity contribution in [3.8, 4) is 5.75 Å². The average molecular weight is 427 g/mol. The molecule has 0 bridgehead atoms. The van der Waals surface area contributed by atoms with Crippen molar-refractivity contribution in [1.82, 2.24) is 4.98 Å². The molecule has 1 aromatic carbocycles. The Kier molecular flexibility index (Phi) is 6.95. The van der Waals surface area contributed by atoms with E-state index in [1.807, 2.05) is 18.2 Å². The second kappa shape index (κ2) is 8.96. The van der Waals surface area contributed by atoms with Crippen LogP contribution in [0.5, 0.6) is 5.75 Å². The normalized spacial score (nSPS) is 10.4. The van der Waals surface area contributed by atoms with E-state index in [1.54, 1.807) is 21.0 Å². The maximum absolute atomic E-state index is 12.1. The van der Waals surface area contributed by atoms with E-state index in [1.165, 1.54) is 0 Å². The van der Waals surface area contributed by atoms with E-state index in [0.717, 1.165) is 27.1 Å². The van der Waals surface area contributed by atoms with Gasteiger partial charge in [0.15, 0.2) is 5.13 Å². The number of benzene rings is 1. The summed E-state index contributed by atoms with van der Waals surface area (Å²) in [7, 11) is 1.60. The van der Waals surface area contributed by atoms with Crippen molar-refractivity contribution in [1.29, 1.82) is 0 Å². The van der Waals surface area contributed by atoms with Crippen LogP contribution in [0.4, 0.5) is 5.13 Å². The standard InChI is InChI=1S/C17H19BrN2O4S/c1-4-24-16(22)15-10(2)19-17(25-15)20-14(21)8-6-11-5-7-13(23-3)12(18)9-11/h5,7,9H,4,6,8H2,1-3H3,(H,19,20,21). The molecule has 6 nitrogen and oxygen atoms in total. The van der Waals surface area contributed by atoms with Gasteiger partial charge in [-0.15, -0.1) is 0 Å². The molecule has 0 radical (unpaired) electrons. The fraction of sp³-hybridized carbons (Fsp3) is 0.353. The van der Waals surface area contributed by atoms with Crippen molar-refractivity contribution in [2.75, 3.05) is 19.0 Å². The van der Waals surface area contributed by atoms with Crippen LogP contribution >= 0.6 is 27.3 Å². The number of thiazole rings is 1. The van der Waals surface area contributed by atoms with Crippen LogP contribution in [0.2, 0.25) is 0 Å². The molecular formula is C17H19BrN2O4S. The van der Waals surface area contributed by atoms with Crippen molar-refractivity contribution >= 4 is 44.3 Å². The maximum Gasteiger partial charge on any atom is 0.350 e. The Balaban J connectivity index is 1.93. The highest BCUT2D eigenvalue weighted by atomic mass is 79.9. The zero-order valence-electron chi connectivity index (χ0n) is 14.2. The number of hydrogen-bond donors (Lipinski definition) is 1. The predicted molar refractivity (Wildman–Crippen MR) is 100 cm³/mol. The van der Waals surface area contributed by atoms with Crippen molar-refractivity contribution in [3.63, 3.8) is 0 Å². The number of nitrogens with zero attached hydrogens (tertiary/aromatic N) is 1. The summed E-state index contributed by atoms with van der Waals surface area (Å²) in [6, 6.07) is 5.70. The van der Waals surface area contributed by atoms with E-state index in [0.29, 0.717) is 35.2 Å². The molecule has 0 fully saturated rings. The lowest BCUT2D eigenvalue weighted by Crippen LogP contribution is -2.12. The SMILES string of the molecule is CCOC(=O)c1sc(NC(=O)CCc2ccc(OC)c(Br)c2)nc1C. The van der Waals surface area contributed by atoms with E-state index in [4.69, 9.17) is 9.47 Å². The van der Waals surface area contributed by atoms with Gasteiger partial charge in [-0.05, 0) is 53.9 Å². The number of esters is 1. The largest absolute Gasteiger partial charge is 0.496 e. The highest BCUT2D eigenvalue weighted by Crippen LogP contribution is 2.26. The lowest BCUT2D eigenvalue weighted by atomic mass is 10.1. The van der Waals surface area contributed by atoms with Crippen LogP contribution in [-0.4, -0.2) is 30.6 Å². The van der Waals surface area contributed by atoms with Gasteiger partial charge in [-0.1, -0.05) is 17.4 Å². The average Bonchev–Trinajstić information content (AvgIpc) is 2.93. The summed E-state index contributed by atoms with van der Waals surface area (Å²) in [5.74, 6) is 0.176. The van der Waals surface area contributed by atoms with Crippen LogP contribution in [0.25, 0.3) is 0 Å².